The van der Waals surface area contributed by atoms with E-state index in [-0.39, 0.29) is 38.0 Å². The zero-order valence-electron chi connectivity index (χ0n) is 17.1. The third-order valence-corrected chi connectivity index (χ3v) is 7.64. The van der Waals surface area contributed by atoms with Gasteiger partial charge >= 0.3 is 6.03 Å². The highest BCUT2D eigenvalue weighted by Gasteiger charge is 2.32. The van der Waals surface area contributed by atoms with Gasteiger partial charge in [0.2, 0.25) is 15.9 Å². The van der Waals surface area contributed by atoms with Crippen LogP contribution in [-0.2, 0) is 21.2 Å². The zero-order valence-corrected chi connectivity index (χ0v) is 18.7. The van der Waals surface area contributed by atoms with Crippen LogP contribution in [0.5, 0.6) is 0 Å². The molecule has 0 saturated carbocycles. The number of sulfonamides is 1. The van der Waals surface area contributed by atoms with Crippen molar-refractivity contribution in [2.24, 2.45) is 0 Å². The minimum atomic E-state index is -4.11. The molecule has 2 aliphatic rings. The lowest BCUT2D eigenvalue weighted by Gasteiger charge is -2.23. The summed E-state index contributed by atoms with van der Waals surface area (Å²) in [5, 5.41) is 5.80. The molecule has 0 aliphatic carbocycles. The van der Waals surface area contributed by atoms with E-state index in [0.717, 1.165) is 6.07 Å². The topological polar surface area (TPSA) is 98.8 Å². The number of nitrogens with one attached hydrogen (secondary N) is 2. The smallest absolute Gasteiger partial charge is 0.321 e. The van der Waals surface area contributed by atoms with Crippen molar-refractivity contribution in [2.75, 3.05) is 36.8 Å². The molecule has 11 heteroatoms. The monoisotopic (exact) mass is 480 g/mol. The molecule has 2 aromatic rings. The lowest BCUT2D eigenvalue weighted by Crippen LogP contribution is -2.39. The summed E-state index contributed by atoms with van der Waals surface area (Å²) in [5.41, 5.74) is 1.43. The summed E-state index contributed by atoms with van der Waals surface area (Å²) in [7, 11) is -4.11. The molecule has 8 nitrogen and oxygen atoms in total. The molecule has 0 atom stereocenters. The largest absolute Gasteiger partial charge is 0.326 e. The summed E-state index contributed by atoms with van der Waals surface area (Å²) < 4.78 is 42.3. The van der Waals surface area contributed by atoms with E-state index >= 15 is 0 Å². The highest BCUT2D eigenvalue weighted by Crippen LogP contribution is 2.30. The van der Waals surface area contributed by atoms with Gasteiger partial charge in [-0.25, -0.2) is 17.6 Å². The molecule has 32 heavy (non-hydrogen) atoms. The Balaban J connectivity index is 1.48. The number of anilines is 2. The van der Waals surface area contributed by atoms with Crippen molar-refractivity contribution in [1.29, 1.82) is 0 Å². The lowest BCUT2D eigenvalue weighted by molar-refractivity contribution is -0.116. The Kier molecular flexibility index (Phi) is 6.36. The van der Waals surface area contributed by atoms with Gasteiger partial charge in [-0.2, -0.15) is 4.31 Å². The minimum absolute atomic E-state index is 0.0402. The zero-order chi connectivity index (χ0) is 22.9. The molecule has 0 bridgehead atoms. The number of urea groups is 1. The number of nitrogens with zero attached hydrogens (tertiary/aromatic N) is 2. The van der Waals surface area contributed by atoms with Gasteiger partial charge in [-0.1, -0.05) is 17.7 Å². The molecule has 0 spiro atoms. The van der Waals surface area contributed by atoms with Gasteiger partial charge in [0, 0.05) is 49.0 Å². The molecule has 0 unspecified atom stereocenters. The van der Waals surface area contributed by atoms with E-state index in [1.165, 1.54) is 15.3 Å². The van der Waals surface area contributed by atoms with Crippen LogP contribution in [0.25, 0.3) is 0 Å². The maximum Gasteiger partial charge on any atom is 0.321 e. The van der Waals surface area contributed by atoms with Crippen molar-refractivity contribution in [1.82, 2.24) is 9.21 Å². The average Bonchev–Trinajstić information content (AvgIpc) is 3.00. The number of hydrogen-bond acceptors (Lipinski definition) is 4. The van der Waals surface area contributed by atoms with Gasteiger partial charge in [0.05, 0.1) is 0 Å². The van der Waals surface area contributed by atoms with E-state index in [4.69, 9.17) is 11.6 Å². The number of carbonyl (C=O) groups excluding carboxylic acids is 2. The van der Waals surface area contributed by atoms with Crippen LogP contribution in [-0.4, -0.2) is 55.7 Å². The summed E-state index contributed by atoms with van der Waals surface area (Å²) in [6, 6.07) is 8.74. The second kappa shape index (κ2) is 9.05. The van der Waals surface area contributed by atoms with E-state index in [9.17, 15) is 22.4 Å². The standard InChI is InChI=1S/C21H22ClFN4O4S/c22-15-3-1-4-16(12-15)24-21(29)26-7-2-8-27(10-9-26)32(30,31)19-11-14-5-6-20(28)25-18(14)13-17(19)23/h1,3-4,11-13H,2,5-10H2,(H,24,29)(H,25,28). The van der Waals surface area contributed by atoms with Crippen molar-refractivity contribution in [3.05, 3.63) is 52.8 Å². The van der Waals surface area contributed by atoms with Gasteiger partial charge in [0.25, 0.3) is 0 Å². The molecule has 1 fully saturated rings. The van der Waals surface area contributed by atoms with E-state index < -0.39 is 20.7 Å². The van der Waals surface area contributed by atoms with Gasteiger partial charge in [-0.15, -0.1) is 0 Å². The van der Waals surface area contributed by atoms with Crippen molar-refractivity contribution in [3.8, 4) is 0 Å². The average molecular weight is 481 g/mol. The first-order valence-electron chi connectivity index (χ1n) is 10.2. The van der Waals surface area contributed by atoms with Gasteiger partial charge in [0.15, 0.2) is 0 Å². The normalized spacial score (nSPS) is 17.3. The quantitative estimate of drug-likeness (QED) is 0.704. The summed E-state index contributed by atoms with van der Waals surface area (Å²) in [6.07, 6.45) is 0.977. The van der Waals surface area contributed by atoms with Crippen LogP contribution in [0.1, 0.15) is 18.4 Å². The van der Waals surface area contributed by atoms with E-state index in [2.05, 4.69) is 10.6 Å². The van der Waals surface area contributed by atoms with Crippen molar-refractivity contribution < 1.29 is 22.4 Å². The fourth-order valence-electron chi connectivity index (χ4n) is 3.82. The van der Waals surface area contributed by atoms with Gasteiger partial charge in [-0.05, 0) is 48.7 Å². The number of benzene rings is 2. The van der Waals surface area contributed by atoms with Crippen molar-refractivity contribution >= 4 is 44.9 Å². The first kappa shape index (κ1) is 22.5. The van der Waals surface area contributed by atoms with Gasteiger partial charge < -0.3 is 15.5 Å². The number of amides is 3. The summed E-state index contributed by atoms with van der Waals surface area (Å²) in [4.78, 5) is 25.2. The predicted octanol–water partition coefficient (Wildman–Crippen LogP) is 3.29. The lowest BCUT2D eigenvalue weighted by atomic mass is 10.0. The summed E-state index contributed by atoms with van der Waals surface area (Å²) >= 11 is 5.94. The maximum atomic E-state index is 14.7. The molecule has 2 aromatic carbocycles. The van der Waals surface area contributed by atoms with Crippen LogP contribution in [0.3, 0.4) is 0 Å². The molecule has 2 heterocycles. The van der Waals surface area contributed by atoms with Crippen LogP contribution in [0.2, 0.25) is 5.02 Å². The first-order chi connectivity index (χ1) is 15.2. The van der Waals surface area contributed by atoms with E-state index in [1.54, 1.807) is 24.3 Å². The summed E-state index contributed by atoms with van der Waals surface area (Å²) in [6.45, 7) is 0.723. The Morgan fingerprint density at radius 1 is 1.09 bits per heavy atom. The highest BCUT2D eigenvalue weighted by molar-refractivity contribution is 7.89. The number of aryl methyl sites for hydroxylation is 1. The maximum absolute atomic E-state index is 14.7. The van der Waals surface area contributed by atoms with Crippen LogP contribution < -0.4 is 10.6 Å². The third-order valence-electron chi connectivity index (χ3n) is 5.49. The second-order valence-electron chi connectivity index (χ2n) is 7.67. The molecule has 3 amide bonds. The Bertz CT molecular complexity index is 1170. The Hall–Kier alpha value is -2.69. The molecular formula is C21H22ClFN4O4S. The van der Waals surface area contributed by atoms with Crippen LogP contribution in [0.15, 0.2) is 41.3 Å². The number of halogens is 2. The molecule has 2 N–H and O–H groups in total. The van der Waals surface area contributed by atoms with E-state index in [1.807, 2.05) is 0 Å². The van der Waals surface area contributed by atoms with E-state index in [0.29, 0.717) is 41.3 Å². The minimum Gasteiger partial charge on any atom is -0.326 e. The molecule has 0 radical (unpaired) electrons. The fourth-order valence-corrected chi connectivity index (χ4v) is 5.58. The number of fused-ring (bicyclic) bond motifs is 1. The number of hydrogen-bond donors (Lipinski definition) is 2. The Morgan fingerprint density at radius 2 is 1.91 bits per heavy atom. The Morgan fingerprint density at radius 3 is 2.69 bits per heavy atom. The van der Waals surface area contributed by atoms with Crippen molar-refractivity contribution in [3.63, 3.8) is 0 Å². The summed E-state index contributed by atoms with van der Waals surface area (Å²) in [5.74, 6) is -1.14. The SMILES string of the molecule is O=C1CCc2cc(S(=O)(=O)N3CCCN(C(=O)Nc4cccc(Cl)c4)CC3)c(F)cc2N1. The highest BCUT2D eigenvalue weighted by atomic mass is 35.5. The predicted molar refractivity (Wildman–Crippen MR) is 119 cm³/mol. The second-order valence-corrected chi connectivity index (χ2v) is 10.0. The number of carbonyl (C=O) groups is 2. The molecule has 4 rings (SSSR count). The molecule has 1 saturated heterocycles. The third kappa shape index (κ3) is 4.72. The van der Waals surface area contributed by atoms with Gasteiger partial charge in [-0.3, -0.25) is 4.79 Å². The van der Waals surface area contributed by atoms with Crippen molar-refractivity contribution in [2.45, 2.75) is 24.2 Å². The Labute approximate surface area is 190 Å². The fraction of sp³-hybridized carbons (Fsp3) is 0.333. The molecule has 0 aromatic heterocycles. The molecule has 2 aliphatic heterocycles. The number of rotatable bonds is 3. The van der Waals surface area contributed by atoms with Crippen LogP contribution in [0.4, 0.5) is 20.6 Å². The molecule has 170 valence electrons. The van der Waals surface area contributed by atoms with Gasteiger partial charge in [0.1, 0.15) is 10.7 Å². The molecular weight excluding hydrogens is 459 g/mol. The first-order valence-corrected chi connectivity index (χ1v) is 12.0. The van der Waals surface area contributed by atoms with Crippen LogP contribution >= 0.6 is 11.6 Å². The van der Waals surface area contributed by atoms with Crippen LogP contribution in [0, 0.1) is 5.82 Å².